The molecule has 0 unspecified atom stereocenters. The standard InChI is InChI=1S/C14H21ClN2O2S/c1-9(2)14(4-5-14)8-17-20(18,19)13-7-12(16)11(15)6-10(13)3/h6-7,9,17H,4-5,8,16H2,1-3H3. The van der Waals surface area contributed by atoms with Gasteiger partial charge in [0, 0.05) is 6.54 Å². The Morgan fingerprint density at radius 2 is 2.00 bits per heavy atom. The molecule has 0 aliphatic heterocycles. The molecule has 1 fully saturated rings. The van der Waals surface area contributed by atoms with Crippen molar-refractivity contribution in [3.63, 3.8) is 0 Å². The first-order valence-corrected chi connectivity index (χ1v) is 8.59. The first-order valence-electron chi connectivity index (χ1n) is 6.73. The van der Waals surface area contributed by atoms with Gasteiger partial charge in [0.2, 0.25) is 10.0 Å². The van der Waals surface area contributed by atoms with E-state index in [1.165, 1.54) is 6.07 Å². The molecule has 4 nitrogen and oxygen atoms in total. The molecule has 0 heterocycles. The van der Waals surface area contributed by atoms with E-state index in [1.54, 1.807) is 13.0 Å². The minimum absolute atomic E-state index is 0.124. The fraction of sp³-hybridized carbons (Fsp3) is 0.571. The van der Waals surface area contributed by atoms with Crippen LogP contribution in [0.1, 0.15) is 32.3 Å². The van der Waals surface area contributed by atoms with Crippen molar-refractivity contribution in [2.24, 2.45) is 11.3 Å². The van der Waals surface area contributed by atoms with Crippen molar-refractivity contribution >= 4 is 27.3 Å². The summed E-state index contributed by atoms with van der Waals surface area (Å²) < 4.78 is 27.5. The maximum atomic E-state index is 12.4. The summed E-state index contributed by atoms with van der Waals surface area (Å²) in [4.78, 5) is 0.207. The third-order valence-electron chi connectivity index (χ3n) is 4.31. The molecule has 3 N–H and O–H groups in total. The van der Waals surface area contributed by atoms with Gasteiger partial charge >= 0.3 is 0 Å². The summed E-state index contributed by atoms with van der Waals surface area (Å²) in [5, 5.41) is 0.377. The molecule has 112 valence electrons. The molecule has 1 aromatic rings. The van der Waals surface area contributed by atoms with Gasteiger partial charge in [-0.2, -0.15) is 0 Å². The molecular formula is C14H21ClN2O2S. The zero-order chi connectivity index (χ0) is 15.1. The lowest BCUT2D eigenvalue weighted by Gasteiger charge is -2.20. The Balaban J connectivity index is 2.21. The largest absolute Gasteiger partial charge is 0.397 e. The molecule has 20 heavy (non-hydrogen) atoms. The topological polar surface area (TPSA) is 72.2 Å². The molecule has 1 saturated carbocycles. The Kier molecular flexibility index (Phi) is 4.06. The van der Waals surface area contributed by atoms with Gasteiger partial charge in [-0.1, -0.05) is 25.4 Å². The zero-order valence-electron chi connectivity index (χ0n) is 12.0. The second kappa shape index (κ2) is 5.20. The molecule has 0 spiro atoms. The van der Waals surface area contributed by atoms with E-state index >= 15 is 0 Å². The highest BCUT2D eigenvalue weighted by Gasteiger charge is 2.45. The summed E-state index contributed by atoms with van der Waals surface area (Å²) >= 11 is 5.90. The van der Waals surface area contributed by atoms with Crippen LogP contribution in [-0.4, -0.2) is 15.0 Å². The number of nitrogens with one attached hydrogen (secondary N) is 1. The summed E-state index contributed by atoms with van der Waals surface area (Å²) in [6.45, 7) is 6.46. The third kappa shape index (κ3) is 2.95. The quantitative estimate of drug-likeness (QED) is 0.820. The Bertz CT molecular complexity index is 622. The van der Waals surface area contributed by atoms with Crippen molar-refractivity contribution in [3.05, 3.63) is 22.7 Å². The summed E-state index contributed by atoms with van der Waals surface area (Å²) in [7, 11) is -3.55. The number of rotatable bonds is 5. The summed E-state index contributed by atoms with van der Waals surface area (Å²) in [5.41, 5.74) is 6.71. The number of halogens is 1. The van der Waals surface area contributed by atoms with Crippen molar-refractivity contribution in [2.75, 3.05) is 12.3 Å². The first-order chi connectivity index (χ1) is 9.18. The SMILES string of the molecule is Cc1cc(Cl)c(N)cc1S(=O)(=O)NCC1(C(C)C)CC1. The molecule has 0 bridgehead atoms. The number of sulfonamides is 1. The lowest BCUT2D eigenvalue weighted by atomic mass is 9.93. The minimum atomic E-state index is -3.55. The van der Waals surface area contributed by atoms with E-state index in [0.717, 1.165) is 12.8 Å². The fourth-order valence-electron chi connectivity index (χ4n) is 2.39. The van der Waals surface area contributed by atoms with E-state index in [0.29, 0.717) is 23.0 Å². The average molecular weight is 317 g/mol. The van der Waals surface area contributed by atoms with Crippen LogP contribution in [0, 0.1) is 18.3 Å². The van der Waals surface area contributed by atoms with Gasteiger partial charge in [-0.3, -0.25) is 0 Å². The molecule has 2 rings (SSSR count). The van der Waals surface area contributed by atoms with Crippen LogP contribution in [0.25, 0.3) is 0 Å². The lowest BCUT2D eigenvalue weighted by molar-refractivity contribution is 0.357. The highest BCUT2D eigenvalue weighted by molar-refractivity contribution is 7.89. The molecule has 1 aliphatic rings. The maximum absolute atomic E-state index is 12.4. The minimum Gasteiger partial charge on any atom is -0.397 e. The van der Waals surface area contributed by atoms with Crippen LogP contribution in [0.3, 0.4) is 0 Å². The molecule has 0 radical (unpaired) electrons. The molecule has 0 aromatic heterocycles. The molecule has 6 heteroatoms. The van der Waals surface area contributed by atoms with E-state index in [2.05, 4.69) is 18.6 Å². The van der Waals surface area contributed by atoms with Crippen LogP contribution in [0.4, 0.5) is 5.69 Å². The second-order valence-corrected chi connectivity index (χ2v) is 8.12. The normalized spacial score (nSPS) is 17.4. The monoisotopic (exact) mass is 316 g/mol. The number of hydrogen-bond acceptors (Lipinski definition) is 3. The number of nitrogens with two attached hydrogens (primary N) is 1. The predicted octanol–water partition coefficient (Wildman–Crippen LogP) is 2.95. The van der Waals surface area contributed by atoms with E-state index in [-0.39, 0.29) is 16.0 Å². The molecule has 1 aliphatic carbocycles. The smallest absolute Gasteiger partial charge is 0.240 e. The molecule has 0 amide bonds. The maximum Gasteiger partial charge on any atom is 0.240 e. The Hall–Kier alpha value is -0.780. The Labute approximate surface area is 125 Å². The lowest BCUT2D eigenvalue weighted by Crippen LogP contribution is -2.33. The zero-order valence-corrected chi connectivity index (χ0v) is 13.6. The van der Waals surface area contributed by atoms with Crippen LogP contribution >= 0.6 is 11.6 Å². The summed E-state index contributed by atoms with van der Waals surface area (Å²) in [5.74, 6) is 0.474. The number of anilines is 1. The Morgan fingerprint density at radius 3 is 2.50 bits per heavy atom. The third-order valence-corrected chi connectivity index (χ3v) is 6.19. The predicted molar refractivity (Wildman–Crippen MR) is 82.3 cm³/mol. The summed E-state index contributed by atoms with van der Waals surface area (Å²) in [6, 6.07) is 3.01. The van der Waals surface area contributed by atoms with Crippen LogP contribution in [0.2, 0.25) is 5.02 Å². The van der Waals surface area contributed by atoms with Gasteiger partial charge in [0.05, 0.1) is 15.6 Å². The highest BCUT2D eigenvalue weighted by Crippen LogP contribution is 2.51. The van der Waals surface area contributed by atoms with Gasteiger partial charge < -0.3 is 5.73 Å². The van der Waals surface area contributed by atoms with Crippen molar-refractivity contribution in [3.8, 4) is 0 Å². The van der Waals surface area contributed by atoms with Crippen LogP contribution in [0.15, 0.2) is 17.0 Å². The molecule has 0 atom stereocenters. The number of nitrogen functional groups attached to an aromatic ring is 1. The van der Waals surface area contributed by atoms with Gasteiger partial charge in [-0.25, -0.2) is 13.1 Å². The van der Waals surface area contributed by atoms with Gasteiger partial charge in [0.1, 0.15) is 0 Å². The van der Waals surface area contributed by atoms with Gasteiger partial charge in [-0.15, -0.1) is 0 Å². The van der Waals surface area contributed by atoms with Crippen LogP contribution in [0.5, 0.6) is 0 Å². The second-order valence-electron chi connectivity index (χ2n) is 5.98. The van der Waals surface area contributed by atoms with Gasteiger partial charge in [0.15, 0.2) is 0 Å². The Morgan fingerprint density at radius 1 is 1.40 bits per heavy atom. The van der Waals surface area contributed by atoms with Crippen molar-refractivity contribution in [2.45, 2.75) is 38.5 Å². The molecule has 1 aromatic carbocycles. The number of benzene rings is 1. The molecule has 0 saturated heterocycles. The average Bonchev–Trinajstić information content (AvgIpc) is 3.12. The highest BCUT2D eigenvalue weighted by atomic mass is 35.5. The summed E-state index contributed by atoms with van der Waals surface area (Å²) in [6.07, 6.45) is 2.16. The van der Waals surface area contributed by atoms with E-state index in [4.69, 9.17) is 17.3 Å². The van der Waals surface area contributed by atoms with E-state index in [1.807, 2.05) is 0 Å². The van der Waals surface area contributed by atoms with Gasteiger partial charge in [-0.05, 0) is 48.8 Å². The first kappa shape index (κ1) is 15.6. The van der Waals surface area contributed by atoms with E-state index in [9.17, 15) is 8.42 Å². The number of hydrogen-bond donors (Lipinski definition) is 2. The van der Waals surface area contributed by atoms with Gasteiger partial charge in [0.25, 0.3) is 0 Å². The number of aryl methyl sites for hydroxylation is 1. The fourth-order valence-corrected chi connectivity index (χ4v) is 4.01. The molecular weight excluding hydrogens is 296 g/mol. The van der Waals surface area contributed by atoms with Crippen LogP contribution in [-0.2, 0) is 10.0 Å². The van der Waals surface area contributed by atoms with Crippen molar-refractivity contribution in [1.82, 2.24) is 4.72 Å². The van der Waals surface area contributed by atoms with E-state index < -0.39 is 10.0 Å². The van der Waals surface area contributed by atoms with Crippen LogP contribution < -0.4 is 10.5 Å². The van der Waals surface area contributed by atoms with Crippen molar-refractivity contribution in [1.29, 1.82) is 0 Å². The van der Waals surface area contributed by atoms with Crippen molar-refractivity contribution < 1.29 is 8.42 Å².